The number of carboxylic acid groups (broad SMARTS) is 1. The fourth-order valence-electron chi connectivity index (χ4n) is 0. The van der Waals surface area contributed by atoms with Crippen molar-refractivity contribution < 1.29 is 37.0 Å². The Morgan fingerprint density at radius 2 is 1.71 bits per heavy atom. The summed E-state index contributed by atoms with van der Waals surface area (Å²) >= 11 is 0. The fraction of sp³-hybridized carbons (Fsp3) is 0. The molecule has 0 unspecified atom stereocenters. The zero-order chi connectivity index (χ0) is 4.28. The van der Waals surface area contributed by atoms with Crippen LogP contribution in [0.1, 0.15) is 0 Å². The Hall–Kier alpha value is -0.394. The van der Waals surface area contributed by atoms with E-state index in [0.29, 0.717) is 0 Å². The van der Waals surface area contributed by atoms with Crippen molar-refractivity contribution in [3.63, 3.8) is 0 Å². The fourth-order valence-corrected chi connectivity index (χ4v) is 0. The molecule has 4 nitrogen and oxygen atoms in total. The van der Waals surface area contributed by atoms with Gasteiger partial charge in [-0.3, -0.25) is 4.79 Å². The second kappa shape index (κ2) is 9.15. The van der Waals surface area contributed by atoms with Gasteiger partial charge in [0.25, 0.3) is 0 Å². The van der Waals surface area contributed by atoms with E-state index in [0.717, 1.165) is 0 Å². The van der Waals surface area contributed by atoms with E-state index in [1.807, 2.05) is 0 Å². The van der Waals surface area contributed by atoms with Crippen molar-refractivity contribution in [1.82, 2.24) is 0 Å². The molecule has 0 saturated carbocycles. The van der Waals surface area contributed by atoms with Crippen molar-refractivity contribution >= 4 is 12.3 Å². The summed E-state index contributed by atoms with van der Waals surface area (Å²) in [6.45, 7) is 0. The Morgan fingerprint density at radius 3 is 1.71 bits per heavy atom. The molecular weight excluding hydrogens is 147 g/mol. The molecule has 0 fully saturated rings. The summed E-state index contributed by atoms with van der Waals surface area (Å²) in [7, 11) is 0. The molecule has 45 valence electrons. The monoisotopic (exact) mass is 151 g/mol. The third kappa shape index (κ3) is 28.3. The maximum Gasteiger partial charge on any atom is 0.368 e. The van der Waals surface area contributed by atoms with Crippen molar-refractivity contribution in [2.24, 2.45) is 0 Å². The summed E-state index contributed by atoms with van der Waals surface area (Å²) in [5, 5.41) is 7.35. The van der Waals surface area contributed by atoms with E-state index >= 15 is 0 Å². The van der Waals surface area contributed by atoms with Crippen LogP contribution in [-0.2, 0) is 26.4 Å². The standard InChI is InChI=1S/C2H2O3.Co.H2O/c3-1-2(4)5;;/h1H,(H,4,5);;1H2. The maximum absolute atomic E-state index is 9.00. The molecule has 7 heavy (non-hydrogen) atoms. The molecule has 1 radical (unpaired) electrons. The topological polar surface area (TPSA) is 85.9 Å². The molecule has 0 saturated heterocycles. The van der Waals surface area contributed by atoms with Crippen LogP contribution in [0.25, 0.3) is 0 Å². The third-order valence-corrected chi connectivity index (χ3v) is 0.101. The van der Waals surface area contributed by atoms with Crippen LogP contribution >= 0.6 is 0 Å². The van der Waals surface area contributed by atoms with Gasteiger partial charge in [0.1, 0.15) is 0 Å². The van der Waals surface area contributed by atoms with Crippen LogP contribution in [-0.4, -0.2) is 22.8 Å². The first-order valence-electron chi connectivity index (χ1n) is 0.952. The SMILES string of the molecule is O.O=CC(=O)O.[Co]. The van der Waals surface area contributed by atoms with Crippen LogP contribution in [0.15, 0.2) is 0 Å². The summed E-state index contributed by atoms with van der Waals surface area (Å²) in [5.74, 6) is -1.43. The van der Waals surface area contributed by atoms with Crippen LogP contribution < -0.4 is 0 Å². The van der Waals surface area contributed by atoms with Gasteiger partial charge in [0.15, 0.2) is 0 Å². The van der Waals surface area contributed by atoms with Gasteiger partial charge < -0.3 is 10.6 Å². The molecule has 0 bridgehead atoms. The zero-order valence-corrected chi connectivity index (χ0v) is 4.22. The molecule has 0 aliphatic rings. The van der Waals surface area contributed by atoms with Gasteiger partial charge in [0, 0.05) is 16.8 Å². The van der Waals surface area contributed by atoms with E-state index in [1.54, 1.807) is 0 Å². The van der Waals surface area contributed by atoms with Crippen LogP contribution in [0.2, 0.25) is 0 Å². The molecule has 0 rings (SSSR count). The number of aldehydes is 1. The molecule has 0 amide bonds. The van der Waals surface area contributed by atoms with Crippen molar-refractivity contribution in [2.75, 3.05) is 0 Å². The van der Waals surface area contributed by atoms with Crippen molar-refractivity contribution in [1.29, 1.82) is 0 Å². The Morgan fingerprint density at radius 1 is 1.57 bits per heavy atom. The molecule has 5 heteroatoms. The molecular formula is C2H4CoO4. The van der Waals surface area contributed by atoms with Crippen molar-refractivity contribution in [3.05, 3.63) is 0 Å². The minimum absolute atomic E-state index is 0. The van der Waals surface area contributed by atoms with Gasteiger partial charge in [0.2, 0.25) is 6.29 Å². The van der Waals surface area contributed by atoms with E-state index in [9.17, 15) is 0 Å². The van der Waals surface area contributed by atoms with Gasteiger partial charge in [-0.25, -0.2) is 4.79 Å². The number of aliphatic carboxylic acids is 1. The smallest absolute Gasteiger partial charge is 0.368 e. The summed E-state index contributed by atoms with van der Waals surface area (Å²) in [5.41, 5.74) is 0. The third-order valence-electron chi connectivity index (χ3n) is 0.101. The molecule has 0 aromatic carbocycles. The van der Waals surface area contributed by atoms with Gasteiger partial charge in [-0.05, 0) is 0 Å². The van der Waals surface area contributed by atoms with E-state index in [4.69, 9.17) is 14.7 Å². The van der Waals surface area contributed by atoms with Crippen LogP contribution in [0.3, 0.4) is 0 Å². The largest absolute Gasteiger partial charge is 0.476 e. The van der Waals surface area contributed by atoms with Crippen LogP contribution in [0.5, 0.6) is 0 Å². The Labute approximate surface area is 50.0 Å². The van der Waals surface area contributed by atoms with Gasteiger partial charge in [-0.15, -0.1) is 0 Å². The number of carbonyl (C=O) groups excluding carboxylic acids is 1. The summed E-state index contributed by atoms with van der Waals surface area (Å²) < 4.78 is 0. The van der Waals surface area contributed by atoms with Crippen molar-refractivity contribution in [3.8, 4) is 0 Å². The maximum atomic E-state index is 9.00. The molecule has 0 aromatic heterocycles. The summed E-state index contributed by atoms with van der Waals surface area (Å²) in [4.78, 5) is 17.9. The van der Waals surface area contributed by atoms with Crippen molar-refractivity contribution in [2.45, 2.75) is 0 Å². The van der Waals surface area contributed by atoms with Gasteiger partial charge in [-0.1, -0.05) is 0 Å². The molecule has 0 heterocycles. The normalized spacial score (nSPS) is 4.57. The average molecular weight is 151 g/mol. The molecule has 0 aliphatic heterocycles. The second-order valence-corrected chi connectivity index (χ2v) is 0.456. The first-order valence-corrected chi connectivity index (χ1v) is 0.952. The number of hydrogen-bond donors (Lipinski definition) is 1. The molecule has 0 spiro atoms. The first-order chi connectivity index (χ1) is 2.27. The van der Waals surface area contributed by atoms with E-state index in [-0.39, 0.29) is 28.5 Å². The number of carbonyl (C=O) groups is 2. The predicted octanol–water partition coefficient (Wildman–Crippen LogP) is -1.56. The number of rotatable bonds is 1. The van der Waals surface area contributed by atoms with Crippen LogP contribution in [0.4, 0.5) is 0 Å². The quantitative estimate of drug-likeness (QED) is 0.363. The molecule has 3 N–H and O–H groups in total. The molecule has 0 atom stereocenters. The summed E-state index contributed by atoms with van der Waals surface area (Å²) in [6, 6.07) is 0. The van der Waals surface area contributed by atoms with Gasteiger partial charge >= 0.3 is 5.97 Å². The van der Waals surface area contributed by atoms with Gasteiger partial charge in [-0.2, -0.15) is 0 Å². The first kappa shape index (κ1) is 16.0. The second-order valence-electron chi connectivity index (χ2n) is 0.456. The Bertz CT molecular complexity index is 60.7. The van der Waals surface area contributed by atoms with E-state index in [1.165, 1.54) is 0 Å². The Kier molecular flexibility index (Phi) is 20.9. The average Bonchev–Trinajstić information content (AvgIpc) is 1.38. The minimum atomic E-state index is -1.43. The van der Waals surface area contributed by atoms with Crippen LogP contribution in [0, 0.1) is 0 Å². The molecule has 0 aromatic rings. The Balaban J connectivity index is -0.0000000800. The number of carboxylic acids is 1. The van der Waals surface area contributed by atoms with E-state index < -0.39 is 5.97 Å². The minimum Gasteiger partial charge on any atom is -0.476 e. The van der Waals surface area contributed by atoms with Gasteiger partial charge in [0.05, 0.1) is 0 Å². The zero-order valence-electron chi connectivity index (χ0n) is 3.17. The predicted molar refractivity (Wildman–Crippen MR) is 17.3 cm³/mol. The summed E-state index contributed by atoms with van der Waals surface area (Å²) in [6.07, 6.45) is -0.167. The molecule has 0 aliphatic carbocycles. The van der Waals surface area contributed by atoms with E-state index in [2.05, 4.69) is 0 Å². The number of hydrogen-bond acceptors (Lipinski definition) is 2.